The molecule has 0 bridgehead atoms. The van der Waals surface area contributed by atoms with Crippen molar-refractivity contribution in [2.24, 2.45) is 11.7 Å². The SMILES string of the molecule is COCCN(C(C)C)C(C)(CN)CCC(C)C. The standard InChI is InChI=1S/C14H32N2O/c1-12(2)7-8-14(5,11-15)16(13(3)4)9-10-17-6/h12-13H,7-11,15H2,1-6H3. The highest BCUT2D eigenvalue weighted by molar-refractivity contribution is 4.89. The molecule has 3 nitrogen and oxygen atoms in total. The van der Waals surface area contributed by atoms with Gasteiger partial charge in [-0.3, -0.25) is 4.90 Å². The molecule has 3 heteroatoms. The summed E-state index contributed by atoms with van der Waals surface area (Å²) in [6.45, 7) is 13.7. The first-order chi connectivity index (χ1) is 7.87. The van der Waals surface area contributed by atoms with Crippen molar-refractivity contribution < 1.29 is 4.74 Å². The van der Waals surface area contributed by atoms with Crippen molar-refractivity contribution in [2.45, 2.75) is 59.0 Å². The Balaban J connectivity index is 4.60. The summed E-state index contributed by atoms with van der Waals surface area (Å²) in [6, 6.07) is 0.505. The highest BCUT2D eigenvalue weighted by Crippen LogP contribution is 2.24. The van der Waals surface area contributed by atoms with Gasteiger partial charge in [-0.15, -0.1) is 0 Å². The van der Waals surface area contributed by atoms with E-state index in [1.54, 1.807) is 7.11 Å². The lowest BCUT2D eigenvalue weighted by molar-refractivity contribution is 0.0365. The molecule has 1 unspecified atom stereocenters. The van der Waals surface area contributed by atoms with Crippen LogP contribution in [-0.2, 0) is 4.74 Å². The molecule has 0 aromatic carbocycles. The zero-order chi connectivity index (χ0) is 13.5. The average molecular weight is 244 g/mol. The van der Waals surface area contributed by atoms with Crippen LogP contribution in [0.15, 0.2) is 0 Å². The number of methoxy groups -OCH3 is 1. The highest BCUT2D eigenvalue weighted by atomic mass is 16.5. The summed E-state index contributed by atoms with van der Waals surface area (Å²) in [5.74, 6) is 0.734. The van der Waals surface area contributed by atoms with E-state index >= 15 is 0 Å². The van der Waals surface area contributed by atoms with E-state index in [0.717, 1.165) is 25.5 Å². The van der Waals surface area contributed by atoms with Crippen molar-refractivity contribution in [2.75, 3.05) is 26.8 Å². The van der Waals surface area contributed by atoms with Gasteiger partial charge in [0.25, 0.3) is 0 Å². The van der Waals surface area contributed by atoms with Gasteiger partial charge in [-0.2, -0.15) is 0 Å². The summed E-state index contributed by atoms with van der Waals surface area (Å²) in [5, 5.41) is 0. The van der Waals surface area contributed by atoms with Crippen LogP contribution >= 0.6 is 0 Å². The average Bonchev–Trinajstić information content (AvgIpc) is 2.26. The predicted octanol–water partition coefficient (Wildman–Crippen LogP) is 2.50. The van der Waals surface area contributed by atoms with Crippen molar-refractivity contribution in [3.05, 3.63) is 0 Å². The normalized spacial score (nSPS) is 15.9. The lowest BCUT2D eigenvalue weighted by Gasteiger charge is -2.44. The van der Waals surface area contributed by atoms with E-state index in [0.29, 0.717) is 12.6 Å². The molecular weight excluding hydrogens is 212 g/mol. The Hall–Kier alpha value is -0.120. The van der Waals surface area contributed by atoms with Crippen LogP contribution in [0.5, 0.6) is 0 Å². The van der Waals surface area contributed by atoms with Gasteiger partial charge in [-0.25, -0.2) is 0 Å². The Labute approximate surface area is 108 Å². The Bertz CT molecular complexity index is 195. The zero-order valence-corrected chi connectivity index (χ0v) is 12.6. The minimum atomic E-state index is 0.0942. The summed E-state index contributed by atoms with van der Waals surface area (Å²) < 4.78 is 5.21. The Morgan fingerprint density at radius 3 is 2.18 bits per heavy atom. The first-order valence-electron chi connectivity index (χ1n) is 6.83. The molecule has 0 saturated heterocycles. The van der Waals surface area contributed by atoms with E-state index in [1.807, 2.05) is 0 Å². The molecule has 0 spiro atoms. The van der Waals surface area contributed by atoms with Gasteiger partial charge in [0, 0.05) is 31.8 Å². The highest BCUT2D eigenvalue weighted by Gasteiger charge is 2.31. The summed E-state index contributed by atoms with van der Waals surface area (Å²) in [5.41, 5.74) is 6.12. The van der Waals surface area contributed by atoms with E-state index in [2.05, 4.69) is 39.5 Å². The fourth-order valence-electron chi connectivity index (χ4n) is 2.30. The van der Waals surface area contributed by atoms with E-state index in [9.17, 15) is 0 Å². The first-order valence-corrected chi connectivity index (χ1v) is 6.83. The second kappa shape index (κ2) is 8.06. The van der Waals surface area contributed by atoms with Crippen LogP contribution in [0.2, 0.25) is 0 Å². The number of hydrogen-bond donors (Lipinski definition) is 1. The van der Waals surface area contributed by atoms with Gasteiger partial charge in [-0.1, -0.05) is 13.8 Å². The summed E-state index contributed by atoms with van der Waals surface area (Å²) in [6.07, 6.45) is 2.38. The molecule has 2 N–H and O–H groups in total. The lowest BCUT2D eigenvalue weighted by atomic mass is 9.89. The van der Waals surface area contributed by atoms with Crippen molar-refractivity contribution in [3.8, 4) is 0 Å². The molecule has 1 atom stereocenters. The molecule has 0 aliphatic rings. The second-order valence-electron chi connectivity index (χ2n) is 5.91. The van der Waals surface area contributed by atoms with Gasteiger partial charge in [0.15, 0.2) is 0 Å². The molecule has 0 rings (SSSR count). The van der Waals surface area contributed by atoms with E-state index in [1.165, 1.54) is 6.42 Å². The minimum Gasteiger partial charge on any atom is -0.383 e. The fourth-order valence-corrected chi connectivity index (χ4v) is 2.30. The lowest BCUT2D eigenvalue weighted by Crippen LogP contribution is -2.55. The Morgan fingerprint density at radius 1 is 1.24 bits per heavy atom. The van der Waals surface area contributed by atoms with E-state index < -0.39 is 0 Å². The molecule has 17 heavy (non-hydrogen) atoms. The molecule has 0 aromatic rings. The number of nitrogens with two attached hydrogens (primary N) is 1. The third-order valence-corrected chi connectivity index (χ3v) is 3.55. The molecule has 104 valence electrons. The van der Waals surface area contributed by atoms with Gasteiger partial charge in [-0.05, 0) is 39.5 Å². The molecule has 0 aliphatic carbocycles. The maximum Gasteiger partial charge on any atom is 0.0590 e. The summed E-state index contributed by atoms with van der Waals surface area (Å²) >= 11 is 0. The monoisotopic (exact) mass is 244 g/mol. The largest absolute Gasteiger partial charge is 0.383 e. The maximum absolute atomic E-state index is 6.02. The topological polar surface area (TPSA) is 38.5 Å². The second-order valence-corrected chi connectivity index (χ2v) is 5.91. The Morgan fingerprint density at radius 2 is 1.82 bits per heavy atom. The van der Waals surface area contributed by atoms with Crippen molar-refractivity contribution in [1.82, 2.24) is 4.90 Å². The third kappa shape index (κ3) is 5.84. The predicted molar refractivity (Wildman–Crippen MR) is 75.2 cm³/mol. The first kappa shape index (κ1) is 16.9. The molecule has 0 radical (unpaired) electrons. The zero-order valence-electron chi connectivity index (χ0n) is 12.6. The summed E-state index contributed by atoms with van der Waals surface area (Å²) in [7, 11) is 1.76. The molecule has 0 heterocycles. The minimum absolute atomic E-state index is 0.0942. The van der Waals surface area contributed by atoms with E-state index in [4.69, 9.17) is 10.5 Å². The molecule has 0 fully saturated rings. The molecule has 0 aliphatic heterocycles. The Kier molecular flexibility index (Phi) is 8.01. The van der Waals surface area contributed by atoms with Crippen LogP contribution in [0.1, 0.15) is 47.5 Å². The number of hydrogen-bond acceptors (Lipinski definition) is 3. The van der Waals surface area contributed by atoms with Crippen LogP contribution in [0.4, 0.5) is 0 Å². The third-order valence-electron chi connectivity index (χ3n) is 3.55. The van der Waals surface area contributed by atoms with Crippen molar-refractivity contribution in [3.63, 3.8) is 0 Å². The van der Waals surface area contributed by atoms with Gasteiger partial charge in [0.05, 0.1) is 6.61 Å². The van der Waals surface area contributed by atoms with Crippen LogP contribution in [0, 0.1) is 5.92 Å². The van der Waals surface area contributed by atoms with Crippen molar-refractivity contribution in [1.29, 1.82) is 0 Å². The van der Waals surface area contributed by atoms with Gasteiger partial charge in [0.1, 0.15) is 0 Å². The van der Waals surface area contributed by atoms with Crippen molar-refractivity contribution >= 4 is 0 Å². The van der Waals surface area contributed by atoms with Crippen LogP contribution < -0.4 is 5.73 Å². The van der Waals surface area contributed by atoms with Gasteiger partial charge in [0.2, 0.25) is 0 Å². The van der Waals surface area contributed by atoms with Crippen LogP contribution in [0.3, 0.4) is 0 Å². The summed E-state index contributed by atoms with van der Waals surface area (Å²) in [4.78, 5) is 2.48. The number of rotatable bonds is 9. The van der Waals surface area contributed by atoms with Crippen LogP contribution in [0.25, 0.3) is 0 Å². The fraction of sp³-hybridized carbons (Fsp3) is 1.00. The molecule has 0 aromatic heterocycles. The quantitative estimate of drug-likeness (QED) is 0.677. The van der Waals surface area contributed by atoms with Gasteiger partial charge < -0.3 is 10.5 Å². The van der Waals surface area contributed by atoms with E-state index in [-0.39, 0.29) is 5.54 Å². The molecule has 0 saturated carbocycles. The smallest absolute Gasteiger partial charge is 0.0590 e. The van der Waals surface area contributed by atoms with Gasteiger partial charge >= 0.3 is 0 Å². The molecule has 0 amide bonds. The number of ether oxygens (including phenoxy) is 1. The maximum atomic E-state index is 6.02. The van der Waals surface area contributed by atoms with Crippen LogP contribution in [-0.4, -0.2) is 43.3 Å². The number of nitrogens with zero attached hydrogens (tertiary/aromatic N) is 1. The molecular formula is C14H32N2O.